The van der Waals surface area contributed by atoms with Gasteiger partial charge in [-0.2, -0.15) is 4.68 Å². The summed E-state index contributed by atoms with van der Waals surface area (Å²) >= 11 is 0. The molecule has 0 bridgehead atoms. The van der Waals surface area contributed by atoms with Gasteiger partial charge in [-0.15, -0.1) is 5.10 Å². The molecule has 29 heavy (non-hydrogen) atoms. The quantitative estimate of drug-likeness (QED) is 0.580. The van der Waals surface area contributed by atoms with Crippen LogP contribution in [0.3, 0.4) is 0 Å². The van der Waals surface area contributed by atoms with E-state index >= 15 is 0 Å². The summed E-state index contributed by atoms with van der Waals surface area (Å²) < 4.78 is 2.75. The molecule has 0 spiro atoms. The lowest BCUT2D eigenvalue weighted by Gasteiger charge is -2.10. The molecule has 0 atom stereocenters. The van der Waals surface area contributed by atoms with Gasteiger partial charge >= 0.3 is 0 Å². The lowest BCUT2D eigenvalue weighted by molar-refractivity contribution is -0.116. The maximum atomic E-state index is 12.8. The third kappa shape index (κ3) is 3.64. The Morgan fingerprint density at radius 3 is 2.62 bits per heavy atom. The molecule has 1 amide bonds. The summed E-state index contributed by atoms with van der Waals surface area (Å²) in [7, 11) is 0. The van der Waals surface area contributed by atoms with E-state index in [1.165, 1.54) is 15.6 Å². The van der Waals surface area contributed by atoms with E-state index in [9.17, 15) is 9.59 Å². The van der Waals surface area contributed by atoms with Crippen molar-refractivity contribution >= 4 is 22.8 Å². The molecule has 2 aromatic carbocycles. The number of rotatable bonds is 4. The Hall–Kier alpha value is -3.81. The second-order valence-corrected chi connectivity index (χ2v) is 7.06. The van der Waals surface area contributed by atoms with Gasteiger partial charge in [0.1, 0.15) is 12.9 Å². The molecule has 0 fully saturated rings. The van der Waals surface area contributed by atoms with Gasteiger partial charge in [0.05, 0.1) is 5.69 Å². The smallest absolute Gasteiger partial charge is 0.284 e. The molecule has 0 aliphatic carbocycles. The first-order valence-electron chi connectivity index (χ1n) is 9.17. The zero-order chi connectivity index (χ0) is 20.5. The van der Waals surface area contributed by atoms with Crippen molar-refractivity contribution in [2.45, 2.75) is 27.3 Å². The third-order valence-corrected chi connectivity index (χ3v) is 4.65. The molecule has 8 heteroatoms. The first kappa shape index (κ1) is 18.5. The van der Waals surface area contributed by atoms with E-state index in [2.05, 4.69) is 20.6 Å². The molecular weight excluding hydrogens is 368 g/mol. The Morgan fingerprint density at radius 1 is 1.07 bits per heavy atom. The van der Waals surface area contributed by atoms with Gasteiger partial charge in [-0.3, -0.25) is 14.2 Å². The minimum Gasteiger partial charge on any atom is -0.324 e. The summed E-state index contributed by atoms with van der Waals surface area (Å²) in [6, 6.07) is 13.4. The van der Waals surface area contributed by atoms with Crippen LogP contribution in [0.4, 0.5) is 5.69 Å². The van der Waals surface area contributed by atoms with Gasteiger partial charge < -0.3 is 5.32 Å². The largest absolute Gasteiger partial charge is 0.324 e. The summed E-state index contributed by atoms with van der Waals surface area (Å²) in [5.74, 6) is -0.314. The predicted molar refractivity (Wildman–Crippen MR) is 110 cm³/mol. The van der Waals surface area contributed by atoms with Crippen LogP contribution in [0.5, 0.6) is 0 Å². The van der Waals surface area contributed by atoms with Crippen molar-refractivity contribution < 1.29 is 4.79 Å². The van der Waals surface area contributed by atoms with Crippen LogP contribution in [0.25, 0.3) is 16.9 Å². The molecule has 0 radical (unpaired) electrons. The van der Waals surface area contributed by atoms with Crippen molar-refractivity contribution in [1.82, 2.24) is 24.5 Å². The average Bonchev–Trinajstić information content (AvgIpc) is 3.11. The Balaban J connectivity index is 1.61. The normalized spacial score (nSPS) is 11.0. The Labute approximate surface area is 166 Å². The van der Waals surface area contributed by atoms with E-state index in [0.29, 0.717) is 11.3 Å². The number of amides is 1. The minimum absolute atomic E-state index is 0.119. The van der Waals surface area contributed by atoms with E-state index < -0.39 is 5.56 Å². The second-order valence-electron chi connectivity index (χ2n) is 7.06. The number of aromatic nitrogens is 5. The van der Waals surface area contributed by atoms with E-state index in [1.54, 1.807) is 0 Å². The number of hydrogen-bond acceptors (Lipinski definition) is 5. The standard InChI is InChI=1S/C21H20N6O2/c1-13-5-4-6-16(10-13)27-20-19(24-25-27)21(29)26(12-22-20)11-18(28)23-17-8-7-14(2)9-15(17)3/h4-10,12H,11H2,1-3H3,(H,23,28). The Kier molecular flexibility index (Phi) is 4.67. The summed E-state index contributed by atoms with van der Waals surface area (Å²) in [6.45, 7) is 5.72. The molecule has 0 aliphatic rings. The molecule has 0 aliphatic heterocycles. The van der Waals surface area contributed by atoms with Crippen LogP contribution in [0.1, 0.15) is 16.7 Å². The number of fused-ring (bicyclic) bond motifs is 1. The lowest BCUT2D eigenvalue weighted by Crippen LogP contribution is -2.28. The number of carbonyl (C=O) groups excluding carboxylic acids is 1. The monoisotopic (exact) mass is 388 g/mol. The van der Waals surface area contributed by atoms with Crippen molar-refractivity contribution in [3.63, 3.8) is 0 Å². The van der Waals surface area contributed by atoms with Crippen LogP contribution < -0.4 is 10.9 Å². The minimum atomic E-state index is -0.412. The molecule has 0 saturated carbocycles. The van der Waals surface area contributed by atoms with Gasteiger partial charge in [-0.05, 0) is 50.1 Å². The molecule has 0 saturated heterocycles. The maximum Gasteiger partial charge on any atom is 0.284 e. The first-order chi connectivity index (χ1) is 13.9. The summed E-state index contributed by atoms with van der Waals surface area (Å²) in [6.07, 6.45) is 1.35. The van der Waals surface area contributed by atoms with Crippen LogP contribution in [0.15, 0.2) is 53.6 Å². The predicted octanol–water partition coefficient (Wildman–Crippen LogP) is 2.54. The van der Waals surface area contributed by atoms with Gasteiger partial charge in [0.25, 0.3) is 5.56 Å². The van der Waals surface area contributed by atoms with Crippen molar-refractivity contribution in [3.8, 4) is 5.69 Å². The summed E-state index contributed by atoms with van der Waals surface area (Å²) in [5.41, 5.74) is 4.67. The number of benzene rings is 2. The number of hydrogen-bond donors (Lipinski definition) is 1. The van der Waals surface area contributed by atoms with E-state index in [-0.39, 0.29) is 18.0 Å². The number of anilines is 1. The zero-order valence-electron chi connectivity index (χ0n) is 16.4. The van der Waals surface area contributed by atoms with Crippen LogP contribution in [0.2, 0.25) is 0 Å². The van der Waals surface area contributed by atoms with Crippen molar-refractivity contribution in [1.29, 1.82) is 0 Å². The molecule has 1 N–H and O–H groups in total. The van der Waals surface area contributed by atoms with Gasteiger partial charge in [-0.1, -0.05) is 35.0 Å². The van der Waals surface area contributed by atoms with E-state index in [4.69, 9.17) is 0 Å². The second kappa shape index (κ2) is 7.31. The molecule has 4 aromatic rings. The van der Waals surface area contributed by atoms with Gasteiger partial charge in [0, 0.05) is 5.69 Å². The molecule has 146 valence electrons. The highest BCUT2D eigenvalue weighted by Gasteiger charge is 2.15. The van der Waals surface area contributed by atoms with Gasteiger partial charge in [-0.25, -0.2) is 4.98 Å². The fraction of sp³-hybridized carbons (Fsp3) is 0.190. The SMILES string of the molecule is Cc1cccc(-n2nnc3c(=O)n(CC(=O)Nc4ccc(C)cc4C)cnc32)c1. The van der Waals surface area contributed by atoms with Crippen LogP contribution >= 0.6 is 0 Å². The Bertz CT molecular complexity index is 1290. The van der Waals surface area contributed by atoms with E-state index in [0.717, 1.165) is 22.4 Å². The topological polar surface area (TPSA) is 94.7 Å². The molecule has 2 aromatic heterocycles. The van der Waals surface area contributed by atoms with Crippen molar-refractivity contribution in [3.05, 3.63) is 75.8 Å². The van der Waals surface area contributed by atoms with Crippen LogP contribution in [-0.2, 0) is 11.3 Å². The van der Waals surface area contributed by atoms with Crippen molar-refractivity contribution in [2.24, 2.45) is 0 Å². The number of nitrogens with zero attached hydrogens (tertiary/aromatic N) is 5. The van der Waals surface area contributed by atoms with Gasteiger partial charge in [0.15, 0.2) is 11.2 Å². The third-order valence-electron chi connectivity index (χ3n) is 4.65. The molecule has 8 nitrogen and oxygen atoms in total. The fourth-order valence-electron chi connectivity index (χ4n) is 3.19. The number of aryl methyl sites for hydroxylation is 3. The number of nitrogens with one attached hydrogen (secondary N) is 1. The van der Waals surface area contributed by atoms with E-state index in [1.807, 2.05) is 63.2 Å². The van der Waals surface area contributed by atoms with Crippen LogP contribution in [0, 0.1) is 20.8 Å². The van der Waals surface area contributed by atoms with Crippen molar-refractivity contribution in [2.75, 3.05) is 5.32 Å². The molecule has 2 heterocycles. The maximum absolute atomic E-state index is 12.8. The fourth-order valence-corrected chi connectivity index (χ4v) is 3.19. The van der Waals surface area contributed by atoms with Crippen LogP contribution in [-0.4, -0.2) is 30.5 Å². The Morgan fingerprint density at radius 2 is 1.86 bits per heavy atom. The van der Waals surface area contributed by atoms with Gasteiger partial charge in [0.2, 0.25) is 5.91 Å². The lowest BCUT2D eigenvalue weighted by atomic mass is 10.1. The highest BCUT2D eigenvalue weighted by atomic mass is 16.2. The highest BCUT2D eigenvalue weighted by molar-refractivity contribution is 5.91. The summed E-state index contributed by atoms with van der Waals surface area (Å²) in [5, 5.41) is 10.9. The number of carbonyl (C=O) groups is 1. The molecule has 4 rings (SSSR count). The molecule has 0 unspecified atom stereocenters. The zero-order valence-corrected chi connectivity index (χ0v) is 16.4. The molecular formula is C21H20N6O2. The first-order valence-corrected chi connectivity index (χ1v) is 9.17. The summed E-state index contributed by atoms with van der Waals surface area (Å²) in [4.78, 5) is 29.5. The average molecular weight is 388 g/mol. The highest BCUT2D eigenvalue weighted by Crippen LogP contribution is 2.16.